The fourth-order valence-corrected chi connectivity index (χ4v) is 2.17. The molecule has 0 amide bonds. The van der Waals surface area contributed by atoms with Gasteiger partial charge in [0.25, 0.3) is 0 Å². The number of anilines is 1. The van der Waals surface area contributed by atoms with Crippen molar-refractivity contribution in [3.63, 3.8) is 0 Å². The van der Waals surface area contributed by atoms with E-state index in [4.69, 9.17) is 22.4 Å². The van der Waals surface area contributed by atoms with Crippen LogP contribution in [0, 0.1) is 0 Å². The molecule has 0 radical (unpaired) electrons. The summed E-state index contributed by atoms with van der Waals surface area (Å²) in [6.45, 7) is 1.55. The zero-order valence-electron chi connectivity index (χ0n) is 9.27. The van der Waals surface area contributed by atoms with Gasteiger partial charge in [-0.3, -0.25) is 0 Å². The zero-order chi connectivity index (χ0) is 12.4. The monoisotopic (exact) mass is 255 g/mol. The second kappa shape index (κ2) is 4.89. The van der Waals surface area contributed by atoms with Gasteiger partial charge in [-0.15, -0.1) is 0 Å². The van der Waals surface area contributed by atoms with E-state index in [9.17, 15) is 4.79 Å². The molecule has 1 aromatic rings. The van der Waals surface area contributed by atoms with Crippen LogP contribution in [0.25, 0.3) is 0 Å². The highest BCUT2D eigenvalue weighted by atomic mass is 35.5. The van der Waals surface area contributed by atoms with Crippen molar-refractivity contribution in [3.05, 3.63) is 22.8 Å². The summed E-state index contributed by atoms with van der Waals surface area (Å²) in [5.74, 6) is -0.415. The number of piperidine rings is 1. The van der Waals surface area contributed by atoms with Crippen LogP contribution >= 0.6 is 11.6 Å². The lowest BCUT2D eigenvalue weighted by atomic mass is 10.1. The Kier molecular flexibility index (Phi) is 3.49. The molecule has 1 aliphatic heterocycles. The number of halogens is 1. The van der Waals surface area contributed by atoms with Crippen LogP contribution in [0.5, 0.6) is 0 Å². The lowest BCUT2D eigenvalue weighted by Gasteiger charge is -2.31. The molecular weight excluding hydrogens is 242 g/mol. The van der Waals surface area contributed by atoms with E-state index in [1.165, 1.54) is 12.3 Å². The molecule has 2 rings (SSSR count). The van der Waals surface area contributed by atoms with E-state index in [1.807, 2.05) is 4.90 Å². The van der Waals surface area contributed by atoms with Crippen LogP contribution in [0.3, 0.4) is 0 Å². The van der Waals surface area contributed by atoms with Gasteiger partial charge < -0.3 is 15.7 Å². The van der Waals surface area contributed by atoms with Gasteiger partial charge in [0.2, 0.25) is 0 Å². The molecule has 0 spiro atoms. The first-order valence-corrected chi connectivity index (χ1v) is 5.85. The third-order valence-corrected chi connectivity index (χ3v) is 3.15. The molecule has 0 saturated carbocycles. The van der Waals surface area contributed by atoms with Crippen molar-refractivity contribution in [1.82, 2.24) is 4.98 Å². The van der Waals surface area contributed by atoms with E-state index in [1.54, 1.807) is 0 Å². The molecule has 1 saturated heterocycles. The first kappa shape index (κ1) is 12.1. The highest BCUT2D eigenvalue weighted by molar-refractivity contribution is 6.33. The average Bonchev–Trinajstić information content (AvgIpc) is 2.29. The second-order valence-electron chi connectivity index (χ2n) is 4.18. The van der Waals surface area contributed by atoms with Crippen molar-refractivity contribution >= 4 is 23.4 Å². The van der Waals surface area contributed by atoms with E-state index >= 15 is 0 Å². The Morgan fingerprint density at radius 1 is 1.65 bits per heavy atom. The van der Waals surface area contributed by atoms with E-state index in [2.05, 4.69) is 4.98 Å². The molecule has 0 bridgehead atoms. The molecule has 1 aliphatic rings. The number of carboxylic acid groups (broad SMARTS) is 1. The first-order valence-electron chi connectivity index (χ1n) is 5.47. The van der Waals surface area contributed by atoms with Gasteiger partial charge in [-0.2, -0.15) is 0 Å². The maximum absolute atomic E-state index is 11.0. The second-order valence-corrected chi connectivity index (χ2v) is 4.58. The third kappa shape index (κ3) is 2.68. The third-order valence-electron chi connectivity index (χ3n) is 2.85. The van der Waals surface area contributed by atoms with Crippen LogP contribution < -0.4 is 10.6 Å². The molecular formula is C11H14ClN3O2. The summed E-state index contributed by atoms with van der Waals surface area (Å²) in [6.07, 6.45) is 3.37. The fourth-order valence-electron chi connectivity index (χ4n) is 1.98. The molecule has 1 unspecified atom stereocenters. The number of pyridine rings is 1. The van der Waals surface area contributed by atoms with Crippen molar-refractivity contribution in [2.45, 2.75) is 18.9 Å². The maximum Gasteiger partial charge on any atom is 0.337 e. The molecule has 5 nitrogen and oxygen atoms in total. The van der Waals surface area contributed by atoms with Gasteiger partial charge in [0, 0.05) is 25.3 Å². The molecule has 2 heterocycles. The summed E-state index contributed by atoms with van der Waals surface area (Å²) < 4.78 is 0. The Labute approximate surface area is 104 Å². The molecule has 1 aromatic heterocycles. The lowest BCUT2D eigenvalue weighted by Crippen LogP contribution is -2.43. The molecule has 17 heavy (non-hydrogen) atoms. The van der Waals surface area contributed by atoms with Crippen molar-refractivity contribution in [1.29, 1.82) is 0 Å². The van der Waals surface area contributed by atoms with E-state index in [0.717, 1.165) is 19.4 Å². The zero-order valence-corrected chi connectivity index (χ0v) is 10.0. The topological polar surface area (TPSA) is 79.5 Å². The molecule has 0 aliphatic carbocycles. The van der Waals surface area contributed by atoms with Crippen LogP contribution in [0.4, 0.5) is 5.82 Å². The lowest BCUT2D eigenvalue weighted by molar-refractivity contribution is 0.0697. The molecule has 1 atom stereocenters. The van der Waals surface area contributed by atoms with Crippen LogP contribution in [-0.2, 0) is 0 Å². The predicted octanol–water partition coefficient (Wildman–Crippen LogP) is 1.36. The molecule has 1 fully saturated rings. The number of carbonyl (C=O) groups is 1. The minimum absolute atomic E-state index is 0.0795. The summed E-state index contributed by atoms with van der Waals surface area (Å²) in [6, 6.07) is 1.62. The van der Waals surface area contributed by atoms with Crippen LogP contribution in [0.15, 0.2) is 12.3 Å². The minimum Gasteiger partial charge on any atom is -0.478 e. The van der Waals surface area contributed by atoms with Gasteiger partial charge in [0.1, 0.15) is 5.82 Å². The maximum atomic E-state index is 11.0. The summed E-state index contributed by atoms with van der Waals surface area (Å²) >= 11 is 5.77. The Bertz CT molecular complexity index is 439. The number of hydrogen-bond donors (Lipinski definition) is 2. The van der Waals surface area contributed by atoms with Crippen molar-refractivity contribution in [3.8, 4) is 0 Å². The standard InChI is InChI=1S/C11H14ClN3O2/c12-9-5-14-10(4-8(9)11(16)17)15-3-1-2-7(13)6-15/h4-5,7H,1-3,6,13H2,(H,16,17). The Balaban J connectivity index is 2.26. The summed E-state index contributed by atoms with van der Waals surface area (Å²) in [5.41, 5.74) is 5.96. The first-order chi connectivity index (χ1) is 8.08. The predicted molar refractivity (Wildman–Crippen MR) is 65.6 cm³/mol. The molecule has 0 aromatic carbocycles. The molecule has 6 heteroatoms. The largest absolute Gasteiger partial charge is 0.478 e. The van der Waals surface area contributed by atoms with Crippen LogP contribution in [0.1, 0.15) is 23.2 Å². The highest BCUT2D eigenvalue weighted by Gasteiger charge is 2.19. The number of nitrogens with zero attached hydrogens (tertiary/aromatic N) is 2. The SMILES string of the molecule is NC1CCCN(c2cc(C(=O)O)c(Cl)cn2)C1. The van der Waals surface area contributed by atoms with Gasteiger partial charge in [-0.25, -0.2) is 9.78 Å². The number of aromatic carboxylic acids is 1. The van der Waals surface area contributed by atoms with E-state index in [-0.39, 0.29) is 16.6 Å². The number of rotatable bonds is 2. The fraction of sp³-hybridized carbons (Fsp3) is 0.455. The van der Waals surface area contributed by atoms with E-state index < -0.39 is 5.97 Å². The van der Waals surface area contributed by atoms with Crippen molar-refractivity contribution in [2.24, 2.45) is 5.73 Å². The smallest absolute Gasteiger partial charge is 0.337 e. The number of nitrogens with two attached hydrogens (primary N) is 1. The number of carboxylic acids is 1. The van der Waals surface area contributed by atoms with Crippen molar-refractivity contribution < 1.29 is 9.90 Å². The van der Waals surface area contributed by atoms with Gasteiger partial charge in [-0.05, 0) is 18.9 Å². The van der Waals surface area contributed by atoms with E-state index in [0.29, 0.717) is 12.4 Å². The summed E-state index contributed by atoms with van der Waals surface area (Å²) in [7, 11) is 0. The Morgan fingerprint density at radius 3 is 3.06 bits per heavy atom. The number of aromatic nitrogens is 1. The summed E-state index contributed by atoms with van der Waals surface area (Å²) in [5, 5.41) is 9.14. The van der Waals surface area contributed by atoms with Gasteiger partial charge >= 0.3 is 5.97 Å². The minimum atomic E-state index is -1.04. The van der Waals surface area contributed by atoms with Gasteiger partial charge in [0.05, 0.1) is 10.6 Å². The molecule has 92 valence electrons. The normalized spacial score (nSPS) is 20.4. The average molecular weight is 256 g/mol. The van der Waals surface area contributed by atoms with Gasteiger partial charge in [-0.1, -0.05) is 11.6 Å². The van der Waals surface area contributed by atoms with Crippen LogP contribution in [0.2, 0.25) is 5.02 Å². The number of hydrogen-bond acceptors (Lipinski definition) is 4. The Morgan fingerprint density at radius 2 is 2.41 bits per heavy atom. The van der Waals surface area contributed by atoms with Crippen molar-refractivity contribution in [2.75, 3.05) is 18.0 Å². The van der Waals surface area contributed by atoms with Crippen LogP contribution in [-0.4, -0.2) is 35.2 Å². The Hall–Kier alpha value is -1.33. The highest BCUT2D eigenvalue weighted by Crippen LogP contribution is 2.22. The summed E-state index contributed by atoms with van der Waals surface area (Å²) in [4.78, 5) is 17.1. The quantitative estimate of drug-likeness (QED) is 0.834. The van der Waals surface area contributed by atoms with Gasteiger partial charge in [0.15, 0.2) is 0 Å². The molecule has 3 N–H and O–H groups in total.